The average Bonchev–Trinajstić information content (AvgIpc) is 1.56. The van der Waals surface area contributed by atoms with Gasteiger partial charge >= 0.3 is 0 Å². The Hall–Kier alpha value is -4.46. The number of ether oxygens (including phenoxy) is 11. The third-order valence-corrected chi connectivity index (χ3v) is 28.2. The van der Waals surface area contributed by atoms with E-state index >= 15 is 0 Å². The largest absolute Gasteiger partial charge is 1.00 e. The number of nitrogens with zero attached hydrogens (tertiary/aromatic N) is 4. The molecule has 3 aliphatic carbocycles. The molecule has 0 saturated heterocycles. The molecule has 738 valence electrons. The molecule has 7 aromatic rings. The molecule has 19 heteroatoms. The highest BCUT2D eigenvalue weighted by molar-refractivity contribution is 5.85. The average molecular weight is 2070 g/mol. The molecule has 131 heavy (non-hydrogen) atoms. The van der Waals surface area contributed by atoms with Gasteiger partial charge in [0.15, 0.2) is 11.5 Å². The number of hydrogen-bond acceptors (Lipinski definition) is 11. The normalized spacial score (nSPS) is 13.5. The van der Waals surface area contributed by atoms with Crippen LogP contribution >= 0.6 is 0 Å². The Bertz CT molecular complexity index is 4140. The summed E-state index contributed by atoms with van der Waals surface area (Å²) < 4.78 is 66.8. The van der Waals surface area contributed by atoms with Crippen LogP contribution < -0.4 is 77.4 Å². The highest BCUT2D eigenvalue weighted by Crippen LogP contribution is 2.59. The minimum atomic E-state index is -0.327. The summed E-state index contributed by atoms with van der Waals surface area (Å²) in [6, 6.07) is 49.1. The molecule has 0 spiro atoms. The molecule has 7 aromatic carbocycles. The highest BCUT2D eigenvalue weighted by atomic mass is 79.9. The predicted molar refractivity (Wildman–Crippen MR) is 530 cm³/mol. The molecule has 15 nitrogen and oxygen atoms in total. The minimum Gasteiger partial charge on any atom is -1.00 e. The molecule has 0 radical (unpaired) electrons. The molecule has 0 aromatic heterocycles. The van der Waals surface area contributed by atoms with Gasteiger partial charge in [-0.1, -0.05) is 187 Å². The minimum absolute atomic E-state index is 0. The van der Waals surface area contributed by atoms with E-state index in [-0.39, 0.29) is 84.2 Å². The number of fused-ring (bicyclic) bond motifs is 9. The smallest absolute Gasteiger partial charge is 0.161 e. The van der Waals surface area contributed by atoms with Crippen molar-refractivity contribution in [3.05, 3.63) is 200 Å². The van der Waals surface area contributed by atoms with Crippen LogP contribution in [0.4, 0.5) is 0 Å². The zero-order chi connectivity index (χ0) is 91.8. The Balaban J connectivity index is 0.000000412. The van der Waals surface area contributed by atoms with Crippen LogP contribution in [0.1, 0.15) is 236 Å². The van der Waals surface area contributed by atoms with E-state index in [2.05, 4.69) is 253 Å². The van der Waals surface area contributed by atoms with Crippen molar-refractivity contribution in [2.24, 2.45) is 0 Å². The summed E-state index contributed by atoms with van der Waals surface area (Å²) in [6.07, 6.45) is 24.1. The van der Waals surface area contributed by atoms with Crippen LogP contribution in [0.2, 0.25) is 0 Å². The summed E-state index contributed by atoms with van der Waals surface area (Å²) in [7, 11) is 18.7. The summed E-state index contributed by atoms with van der Waals surface area (Å²) in [5, 5.41) is 0. The maximum absolute atomic E-state index is 6.47. The van der Waals surface area contributed by atoms with Gasteiger partial charge in [-0.2, -0.15) is 0 Å². The summed E-state index contributed by atoms with van der Waals surface area (Å²) in [5.41, 5.74) is 26.6. The van der Waals surface area contributed by atoms with Crippen molar-refractivity contribution in [1.29, 1.82) is 0 Å². The molecule has 0 heterocycles. The van der Waals surface area contributed by atoms with Gasteiger partial charge in [0.2, 0.25) is 0 Å². The maximum Gasteiger partial charge on any atom is 0.161 e. The molecular weight excluding hydrogens is 1900 g/mol. The first-order valence-corrected chi connectivity index (χ1v) is 49.6. The van der Waals surface area contributed by atoms with E-state index in [4.69, 9.17) is 52.1 Å². The van der Waals surface area contributed by atoms with Crippen LogP contribution in [-0.2, 0) is 58.9 Å². The van der Waals surface area contributed by atoms with E-state index in [9.17, 15) is 0 Å². The first-order chi connectivity index (χ1) is 61.2. The maximum atomic E-state index is 6.47. The van der Waals surface area contributed by atoms with Crippen molar-refractivity contribution < 1.29 is 138 Å². The first kappa shape index (κ1) is 119. The Morgan fingerprint density at radius 3 is 0.802 bits per heavy atom. The molecule has 0 amide bonds. The molecule has 0 unspecified atom stereocenters. The number of hydrogen-bond donors (Lipinski definition) is 0. The standard InChI is InChI=1S/C42H62NO8.C39H66N2.C31H48NO3.4BrH/c1-33-10-13-36-37-14-11-34(2)31-39(37)42(38(36)30-33,16-8-9-17-43(3,4)5)35-12-15-40(50-28-26-48-24-22-46-20-18-44-6)41(32-35)51-29-27-49-25-23-47-21-19-45-7;1-9-40(10-2,11-3)29-21-17-15-19-27-39(28-20-16-18-22-30-41(12-4,13-5)14-6)37-31-33(7)23-25-35(37)36-26-24-34(8)32-38(36)39;1-25-11-13-27-28-14-12-26(2)24-30(28)31(29(27)23-25,15-9-7-8-10-17-32(3,4)5)16-18-34-21-22-35-20-19-33-6;;;;/h10-15,30-32H,8-9,16-29H2,1-7H3;23-26,31-32H,9-22,27-30H2,1-8H3;11-14,23-24H,7-10,15-22H2,1-6H3;4*1H/q+1;+2;+1;;;;/p-4. The molecule has 10 rings (SSSR count). The van der Waals surface area contributed by atoms with Crippen molar-refractivity contribution in [3.8, 4) is 44.9 Å². The Labute approximate surface area is 838 Å². The fraction of sp³-hybridized carbons (Fsp3) is 0.625. The number of methoxy groups -OCH3 is 3. The third-order valence-electron chi connectivity index (χ3n) is 28.2. The van der Waals surface area contributed by atoms with Gasteiger partial charge in [-0.05, 0) is 251 Å². The molecular formula is C112H176Br4N4O11. The Morgan fingerprint density at radius 2 is 0.489 bits per heavy atom. The zero-order valence-corrected chi connectivity index (χ0v) is 91.8. The van der Waals surface area contributed by atoms with Crippen molar-refractivity contribution in [2.75, 3.05) is 241 Å². The summed E-state index contributed by atoms with van der Waals surface area (Å²) in [6.45, 7) is 49.6. The van der Waals surface area contributed by atoms with E-state index in [0.717, 1.165) is 47.8 Å². The van der Waals surface area contributed by atoms with Gasteiger partial charge in [0.25, 0.3) is 0 Å². The van der Waals surface area contributed by atoms with Gasteiger partial charge in [0.1, 0.15) is 13.2 Å². The lowest BCUT2D eigenvalue weighted by Gasteiger charge is -2.36. The van der Waals surface area contributed by atoms with Crippen molar-refractivity contribution in [2.45, 2.75) is 221 Å². The molecule has 0 fully saturated rings. The van der Waals surface area contributed by atoms with Gasteiger partial charge in [-0.3, -0.25) is 0 Å². The number of unbranched alkanes of at least 4 members (excludes halogenated alkanes) is 10. The topological polar surface area (TPSA) is 102 Å². The van der Waals surface area contributed by atoms with Gasteiger partial charge in [-0.15, -0.1) is 0 Å². The molecule has 0 N–H and O–H groups in total. The molecule has 0 aliphatic heterocycles. The Morgan fingerprint density at radius 1 is 0.237 bits per heavy atom. The van der Waals surface area contributed by atoms with Crippen LogP contribution in [0.25, 0.3) is 33.4 Å². The van der Waals surface area contributed by atoms with Crippen molar-refractivity contribution in [3.63, 3.8) is 0 Å². The van der Waals surface area contributed by atoms with Gasteiger partial charge in [-0.25, -0.2) is 0 Å². The zero-order valence-electron chi connectivity index (χ0n) is 85.4. The second-order valence-corrected chi connectivity index (χ2v) is 39.1. The molecule has 0 saturated carbocycles. The quantitative estimate of drug-likeness (QED) is 0.0269. The van der Waals surface area contributed by atoms with E-state index < -0.39 is 0 Å². The van der Waals surface area contributed by atoms with E-state index in [1.54, 1.807) is 32.5 Å². The number of quaternary nitrogens is 4. The van der Waals surface area contributed by atoms with Crippen LogP contribution in [0.15, 0.2) is 127 Å². The van der Waals surface area contributed by atoms with Crippen LogP contribution in [0, 0.1) is 41.5 Å². The first-order valence-electron chi connectivity index (χ1n) is 49.6. The number of rotatable bonds is 62. The molecule has 0 bridgehead atoms. The predicted octanol–water partition coefficient (Wildman–Crippen LogP) is 11.1. The summed E-state index contributed by atoms with van der Waals surface area (Å²) in [4.78, 5) is 0. The third kappa shape index (κ3) is 35.1. The molecule has 0 atom stereocenters. The van der Waals surface area contributed by atoms with Crippen LogP contribution in [-0.4, -0.2) is 259 Å². The van der Waals surface area contributed by atoms with Gasteiger partial charge in [0.05, 0.1) is 200 Å². The lowest BCUT2D eigenvalue weighted by Crippen LogP contribution is -3.00. The summed E-state index contributed by atoms with van der Waals surface area (Å²) >= 11 is 0. The van der Waals surface area contributed by atoms with Crippen LogP contribution in [0.5, 0.6) is 11.5 Å². The summed E-state index contributed by atoms with van der Waals surface area (Å²) in [5.74, 6) is 1.39. The van der Waals surface area contributed by atoms with Crippen molar-refractivity contribution >= 4 is 0 Å². The monoisotopic (exact) mass is 2070 g/mol. The fourth-order valence-corrected chi connectivity index (χ4v) is 20.3. The SMILES string of the molecule is CC[N+](CC)(CC)CCCCCCC1(CCCCCC[N+](CC)(CC)CC)c2cc(C)ccc2-c2ccc(C)cc21.COCCOCCOCCC1(CCCCCC[N+](C)(C)C)c2cc(C)ccc2-c2ccc(C)cc21.COCCOCCOCCOc1ccc(C2(CCCC[N+](C)(C)C)c3cc(C)ccc3-c3ccc(C)cc32)cc1OCCOCCOCCOC.[Br-].[Br-].[Br-].[Br-]. The number of aryl methyl sites for hydroxylation is 6. The second kappa shape index (κ2) is 61.1. The van der Waals surface area contributed by atoms with Crippen molar-refractivity contribution in [1.82, 2.24) is 0 Å². The molecule has 3 aliphatic rings. The van der Waals surface area contributed by atoms with E-state index in [1.165, 1.54) is 259 Å². The fourth-order valence-electron chi connectivity index (χ4n) is 20.3. The highest BCUT2D eigenvalue weighted by Gasteiger charge is 2.47. The lowest BCUT2D eigenvalue weighted by atomic mass is 9.68. The number of benzene rings is 7. The van der Waals surface area contributed by atoms with E-state index in [0.29, 0.717) is 117 Å². The van der Waals surface area contributed by atoms with Gasteiger partial charge < -0.3 is 138 Å². The van der Waals surface area contributed by atoms with E-state index in [1.807, 2.05) is 0 Å². The lowest BCUT2D eigenvalue weighted by molar-refractivity contribution is -0.923. The van der Waals surface area contributed by atoms with Gasteiger partial charge in [0, 0.05) is 44.2 Å². The number of halogens is 4. The Kier molecular flexibility index (Phi) is 55.4. The van der Waals surface area contributed by atoms with Crippen LogP contribution in [0.3, 0.4) is 0 Å². The second-order valence-electron chi connectivity index (χ2n) is 39.1.